The van der Waals surface area contributed by atoms with Crippen LogP contribution in [0.15, 0.2) is 180 Å². The Morgan fingerprint density at radius 1 is 0.386 bits per heavy atom. The Hall–Kier alpha value is -6.06. The van der Waals surface area contributed by atoms with Gasteiger partial charge in [0.2, 0.25) is 0 Å². The number of hydrogen-bond acceptors (Lipinski definition) is 3. The lowest BCUT2D eigenvalue weighted by Crippen LogP contribution is -2.30. The first-order chi connectivity index (χ1) is 28.2. The van der Waals surface area contributed by atoms with E-state index in [0.717, 1.165) is 51.8 Å². The van der Waals surface area contributed by atoms with Crippen LogP contribution in [0.2, 0.25) is 0 Å². The summed E-state index contributed by atoms with van der Waals surface area (Å²) in [6, 6.07) is 64.9. The van der Waals surface area contributed by atoms with Crippen molar-refractivity contribution in [3.8, 4) is 0 Å². The summed E-state index contributed by atoms with van der Waals surface area (Å²) in [6.45, 7) is 0. The molecule has 0 atom stereocenters. The van der Waals surface area contributed by atoms with Gasteiger partial charge in [0, 0.05) is 50.3 Å². The molecule has 2 fully saturated rings. The number of benzene rings is 7. The van der Waals surface area contributed by atoms with Gasteiger partial charge in [0.25, 0.3) is 0 Å². The second-order valence-corrected chi connectivity index (χ2v) is 16.3. The normalized spacial score (nSPS) is 15.8. The van der Waals surface area contributed by atoms with Crippen molar-refractivity contribution < 1.29 is 4.42 Å². The number of rotatable bonds is 9. The summed E-state index contributed by atoms with van der Waals surface area (Å²) < 4.78 is 6.26. The van der Waals surface area contributed by atoms with Gasteiger partial charge in [0.1, 0.15) is 11.2 Å². The molecule has 10 rings (SSSR count). The molecule has 57 heavy (non-hydrogen) atoms. The quantitative estimate of drug-likeness (QED) is 0.147. The maximum absolute atomic E-state index is 6.26. The zero-order valence-electron chi connectivity index (χ0n) is 32.7. The van der Waals surface area contributed by atoms with Crippen molar-refractivity contribution in [3.05, 3.63) is 193 Å². The van der Waals surface area contributed by atoms with E-state index in [2.05, 4.69) is 180 Å². The van der Waals surface area contributed by atoms with Crippen LogP contribution in [0, 0.1) is 0 Å². The van der Waals surface area contributed by atoms with E-state index in [1.165, 1.54) is 85.1 Å². The van der Waals surface area contributed by atoms with E-state index < -0.39 is 0 Å². The minimum Gasteiger partial charge on any atom is -0.456 e. The molecule has 0 N–H and O–H groups in total. The van der Waals surface area contributed by atoms with E-state index in [1.54, 1.807) is 0 Å². The van der Waals surface area contributed by atoms with Gasteiger partial charge in [0.15, 0.2) is 0 Å². The fourth-order valence-electron chi connectivity index (χ4n) is 9.99. The molecular formula is C54H50N2O. The summed E-state index contributed by atoms with van der Waals surface area (Å²) in [6.07, 6.45) is 12.7. The summed E-state index contributed by atoms with van der Waals surface area (Å²) in [4.78, 5) is 4.78. The van der Waals surface area contributed by atoms with Crippen molar-refractivity contribution in [2.45, 2.75) is 75.5 Å². The fourth-order valence-corrected chi connectivity index (χ4v) is 9.99. The standard InChI is InChI=1S/C54H50N2O/c1-5-15-40(16-6-1)41-23-29-46(30-24-41)56(49-35-36-53-51(39-49)50-21-11-12-22-52(50)57-53)48-33-27-43(28-34-48)54(37-13-4-14-38-54)42-25-31-47(32-26-42)55(44-17-7-2-8-18-44)45-19-9-3-10-20-45/h2-3,7-12,17-36,39-40H,1,4-6,13-16,37-38H2. The molecule has 2 saturated carbocycles. The zero-order valence-corrected chi connectivity index (χ0v) is 32.7. The number of fused-ring (bicyclic) bond motifs is 3. The van der Waals surface area contributed by atoms with E-state index in [4.69, 9.17) is 4.42 Å². The van der Waals surface area contributed by atoms with Crippen molar-refractivity contribution in [1.82, 2.24) is 0 Å². The predicted octanol–water partition coefficient (Wildman–Crippen LogP) is 15.8. The van der Waals surface area contributed by atoms with Crippen molar-refractivity contribution in [3.63, 3.8) is 0 Å². The summed E-state index contributed by atoms with van der Waals surface area (Å²) in [5.74, 6) is 0.676. The minimum absolute atomic E-state index is 0.0271. The Balaban J connectivity index is 1.02. The Bertz CT molecular complexity index is 2520. The number of anilines is 6. The van der Waals surface area contributed by atoms with Gasteiger partial charge in [-0.3, -0.25) is 0 Å². The molecule has 3 nitrogen and oxygen atoms in total. The molecular weight excluding hydrogens is 693 g/mol. The number of furan rings is 1. The zero-order chi connectivity index (χ0) is 38.0. The van der Waals surface area contributed by atoms with Crippen LogP contribution >= 0.6 is 0 Å². The van der Waals surface area contributed by atoms with E-state index in [9.17, 15) is 0 Å². The van der Waals surface area contributed by atoms with Crippen molar-refractivity contribution >= 4 is 56.1 Å². The van der Waals surface area contributed by atoms with Gasteiger partial charge in [-0.1, -0.05) is 130 Å². The van der Waals surface area contributed by atoms with E-state index in [0.29, 0.717) is 5.92 Å². The largest absolute Gasteiger partial charge is 0.456 e. The van der Waals surface area contributed by atoms with Gasteiger partial charge < -0.3 is 14.2 Å². The molecule has 3 heteroatoms. The fraction of sp³-hybridized carbons (Fsp3) is 0.222. The minimum atomic E-state index is -0.0271. The third kappa shape index (κ3) is 6.80. The van der Waals surface area contributed by atoms with Crippen LogP contribution in [0.5, 0.6) is 0 Å². The van der Waals surface area contributed by atoms with Gasteiger partial charge in [0.05, 0.1) is 0 Å². The lowest BCUT2D eigenvalue weighted by atomic mass is 9.65. The molecule has 0 spiro atoms. The average molecular weight is 743 g/mol. The van der Waals surface area contributed by atoms with Gasteiger partial charge in [-0.05, 0) is 133 Å². The first-order valence-electron chi connectivity index (χ1n) is 21.2. The third-order valence-electron chi connectivity index (χ3n) is 12.9. The van der Waals surface area contributed by atoms with Crippen molar-refractivity contribution in [2.24, 2.45) is 0 Å². The molecule has 0 saturated heterocycles. The predicted molar refractivity (Wildman–Crippen MR) is 239 cm³/mol. The van der Waals surface area contributed by atoms with Crippen molar-refractivity contribution in [1.29, 1.82) is 0 Å². The smallest absolute Gasteiger partial charge is 0.135 e. The molecule has 0 amide bonds. The molecule has 7 aromatic carbocycles. The second kappa shape index (κ2) is 15.5. The highest BCUT2D eigenvalue weighted by atomic mass is 16.3. The maximum atomic E-state index is 6.26. The molecule has 0 radical (unpaired) electrons. The van der Waals surface area contributed by atoms with Crippen LogP contribution in [-0.4, -0.2) is 0 Å². The van der Waals surface area contributed by atoms with Crippen LogP contribution in [-0.2, 0) is 5.41 Å². The lowest BCUT2D eigenvalue weighted by Gasteiger charge is -2.39. The molecule has 282 valence electrons. The van der Waals surface area contributed by atoms with Crippen LogP contribution in [0.1, 0.15) is 86.8 Å². The Labute approximate surface area is 337 Å². The summed E-state index contributed by atoms with van der Waals surface area (Å²) in [7, 11) is 0. The van der Waals surface area contributed by atoms with Gasteiger partial charge in [-0.25, -0.2) is 0 Å². The van der Waals surface area contributed by atoms with Crippen LogP contribution in [0.4, 0.5) is 34.1 Å². The summed E-state index contributed by atoms with van der Waals surface area (Å²) >= 11 is 0. The highest BCUT2D eigenvalue weighted by Crippen LogP contribution is 2.47. The highest BCUT2D eigenvalue weighted by molar-refractivity contribution is 6.06. The first kappa shape index (κ1) is 35.4. The third-order valence-corrected chi connectivity index (χ3v) is 12.9. The van der Waals surface area contributed by atoms with Crippen molar-refractivity contribution in [2.75, 3.05) is 9.80 Å². The maximum Gasteiger partial charge on any atom is 0.135 e. The Kier molecular flexibility index (Phi) is 9.60. The lowest BCUT2D eigenvalue weighted by molar-refractivity contribution is 0.346. The van der Waals surface area contributed by atoms with Crippen LogP contribution < -0.4 is 9.80 Å². The summed E-state index contributed by atoms with van der Waals surface area (Å²) in [5, 5.41) is 2.30. The SMILES string of the molecule is c1ccc(N(c2ccccc2)c2ccc(C3(c4ccc(N(c5ccc(C6CCCCC6)cc5)c5ccc6oc7ccccc7c6c5)cc4)CCCCC3)cc2)cc1. The van der Waals surface area contributed by atoms with Gasteiger partial charge in [-0.15, -0.1) is 0 Å². The topological polar surface area (TPSA) is 19.6 Å². The molecule has 2 aliphatic carbocycles. The molecule has 2 aliphatic rings. The highest BCUT2D eigenvalue weighted by Gasteiger charge is 2.36. The van der Waals surface area contributed by atoms with Gasteiger partial charge >= 0.3 is 0 Å². The molecule has 1 aromatic heterocycles. The molecule has 0 bridgehead atoms. The molecule has 0 unspecified atom stereocenters. The average Bonchev–Trinajstić information content (AvgIpc) is 3.67. The molecule has 1 heterocycles. The number of nitrogens with zero attached hydrogens (tertiary/aromatic N) is 2. The van der Waals surface area contributed by atoms with E-state index >= 15 is 0 Å². The van der Waals surface area contributed by atoms with Crippen LogP contribution in [0.25, 0.3) is 21.9 Å². The molecule has 8 aromatic rings. The number of hydrogen-bond donors (Lipinski definition) is 0. The number of para-hydroxylation sites is 3. The van der Waals surface area contributed by atoms with Gasteiger partial charge in [-0.2, -0.15) is 0 Å². The van der Waals surface area contributed by atoms with E-state index in [-0.39, 0.29) is 5.41 Å². The van der Waals surface area contributed by atoms with E-state index in [1.807, 2.05) is 6.07 Å². The van der Waals surface area contributed by atoms with Crippen LogP contribution in [0.3, 0.4) is 0 Å². The Morgan fingerprint density at radius 2 is 0.842 bits per heavy atom. The molecule has 0 aliphatic heterocycles. The Morgan fingerprint density at radius 3 is 1.44 bits per heavy atom. The second-order valence-electron chi connectivity index (χ2n) is 16.3. The first-order valence-corrected chi connectivity index (χ1v) is 21.2. The monoisotopic (exact) mass is 742 g/mol. The summed E-state index contributed by atoms with van der Waals surface area (Å²) in [5.41, 5.74) is 13.1.